The first-order valence-electron chi connectivity index (χ1n) is 9.74. The monoisotopic (exact) mass is 343 g/mol. The molecule has 0 radical (unpaired) electrons. The molecule has 1 amide bonds. The number of ether oxygens (including phenoxy) is 1. The van der Waals surface area contributed by atoms with Gasteiger partial charge in [0.15, 0.2) is 0 Å². The molecule has 1 aromatic carbocycles. The molecule has 2 fully saturated rings. The van der Waals surface area contributed by atoms with Crippen LogP contribution in [0.3, 0.4) is 0 Å². The Bertz CT molecular complexity index is 592. The maximum Gasteiger partial charge on any atom is 0.241 e. The van der Waals surface area contributed by atoms with Crippen LogP contribution in [0.25, 0.3) is 0 Å². The zero-order chi connectivity index (χ0) is 17.1. The van der Waals surface area contributed by atoms with Crippen LogP contribution < -0.4 is 4.90 Å². The first kappa shape index (κ1) is 17.0. The van der Waals surface area contributed by atoms with Gasteiger partial charge in [-0.2, -0.15) is 0 Å². The summed E-state index contributed by atoms with van der Waals surface area (Å²) in [4.78, 5) is 19.8. The minimum Gasteiger partial charge on any atom is -0.379 e. The first-order chi connectivity index (χ1) is 12.3. The summed E-state index contributed by atoms with van der Waals surface area (Å²) in [7, 11) is 0. The number of piperidine rings is 1. The topological polar surface area (TPSA) is 36.0 Å². The molecular weight excluding hydrogens is 314 g/mol. The molecule has 0 aromatic heterocycles. The molecule has 25 heavy (non-hydrogen) atoms. The van der Waals surface area contributed by atoms with Crippen LogP contribution in [0.1, 0.15) is 24.8 Å². The molecule has 3 aliphatic heterocycles. The number of anilines is 1. The maximum atomic E-state index is 12.9. The highest BCUT2D eigenvalue weighted by Gasteiger charge is 2.28. The summed E-state index contributed by atoms with van der Waals surface area (Å²) in [6.07, 6.45) is 4.50. The van der Waals surface area contributed by atoms with Gasteiger partial charge in [-0.05, 0) is 37.3 Å². The number of morpholine rings is 1. The van der Waals surface area contributed by atoms with E-state index >= 15 is 0 Å². The Labute approximate surface area is 150 Å². The van der Waals surface area contributed by atoms with Gasteiger partial charge in [0.25, 0.3) is 0 Å². The summed E-state index contributed by atoms with van der Waals surface area (Å²) >= 11 is 0. The van der Waals surface area contributed by atoms with Crippen molar-refractivity contribution in [1.29, 1.82) is 0 Å². The van der Waals surface area contributed by atoms with Crippen molar-refractivity contribution >= 4 is 11.6 Å². The van der Waals surface area contributed by atoms with Crippen LogP contribution in [0.5, 0.6) is 0 Å². The summed E-state index contributed by atoms with van der Waals surface area (Å²) in [6, 6.07) is 9.03. The maximum absolute atomic E-state index is 12.9. The Morgan fingerprint density at radius 2 is 1.80 bits per heavy atom. The smallest absolute Gasteiger partial charge is 0.241 e. The number of carbonyl (C=O) groups is 1. The standard InChI is InChI=1S/C20H29N3O2/c24-20(23-9-3-5-17-4-1-2-6-19(17)23)16-21-10-7-18(8-11-21)22-12-14-25-15-13-22/h1-2,4,6,18H,3,5,7-16H2. The second kappa shape index (κ2) is 7.85. The molecule has 5 nitrogen and oxygen atoms in total. The summed E-state index contributed by atoms with van der Waals surface area (Å²) < 4.78 is 5.46. The Morgan fingerprint density at radius 1 is 1.04 bits per heavy atom. The molecule has 2 saturated heterocycles. The van der Waals surface area contributed by atoms with E-state index in [0.29, 0.717) is 12.6 Å². The third kappa shape index (κ3) is 3.89. The number of amides is 1. The van der Waals surface area contributed by atoms with Crippen LogP contribution in [0, 0.1) is 0 Å². The lowest BCUT2D eigenvalue weighted by Crippen LogP contribution is -2.51. The van der Waals surface area contributed by atoms with Crippen LogP contribution in [-0.2, 0) is 16.0 Å². The van der Waals surface area contributed by atoms with Crippen LogP contribution in [0.15, 0.2) is 24.3 Å². The van der Waals surface area contributed by atoms with Gasteiger partial charge in [0.05, 0.1) is 19.8 Å². The zero-order valence-corrected chi connectivity index (χ0v) is 15.0. The molecule has 3 heterocycles. The number of nitrogens with zero attached hydrogens (tertiary/aromatic N) is 3. The average molecular weight is 343 g/mol. The highest BCUT2D eigenvalue weighted by Crippen LogP contribution is 2.27. The largest absolute Gasteiger partial charge is 0.379 e. The van der Waals surface area contributed by atoms with Crippen molar-refractivity contribution in [3.63, 3.8) is 0 Å². The number of benzene rings is 1. The highest BCUT2D eigenvalue weighted by atomic mass is 16.5. The van der Waals surface area contributed by atoms with E-state index in [4.69, 9.17) is 4.74 Å². The van der Waals surface area contributed by atoms with Crippen LogP contribution in [0.2, 0.25) is 0 Å². The fourth-order valence-electron chi connectivity index (χ4n) is 4.45. The van der Waals surface area contributed by atoms with E-state index in [-0.39, 0.29) is 5.91 Å². The lowest BCUT2D eigenvalue weighted by Gasteiger charge is -2.40. The van der Waals surface area contributed by atoms with Gasteiger partial charge >= 0.3 is 0 Å². The Balaban J connectivity index is 1.31. The van der Waals surface area contributed by atoms with Crippen molar-refractivity contribution in [3.8, 4) is 0 Å². The highest BCUT2D eigenvalue weighted by molar-refractivity contribution is 5.95. The number of hydrogen-bond acceptors (Lipinski definition) is 4. The van der Waals surface area contributed by atoms with E-state index in [1.54, 1.807) is 0 Å². The average Bonchev–Trinajstić information content (AvgIpc) is 2.69. The Morgan fingerprint density at radius 3 is 2.60 bits per heavy atom. The van der Waals surface area contributed by atoms with Gasteiger partial charge in [-0.25, -0.2) is 0 Å². The van der Waals surface area contributed by atoms with Crippen molar-refractivity contribution < 1.29 is 9.53 Å². The molecule has 4 rings (SSSR count). The van der Waals surface area contributed by atoms with Crippen LogP contribution in [-0.4, -0.2) is 74.2 Å². The molecule has 0 saturated carbocycles. The molecule has 3 aliphatic rings. The van der Waals surface area contributed by atoms with Crippen LogP contribution >= 0.6 is 0 Å². The summed E-state index contributed by atoms with van der Waals surface area (Å²) in [5, 5.41) is 0. The molecule has 0 atom stereocenters. The lowest BCUT2D eigenvalue weighted by molar-refractivity contribution is -0.120. The van der Waals surface area contributed by atoms with E-state index in [1.807, 2.05) is 11.0 Å². The predicted octanol–water partition coefficient (Wildman–Crippen LogP) is 1.76. The van der Waals surface area contributed by atoms with E-state index in [0.717, 1.165) is 64.5 Å². The Hall–Kier alpha value is -1.43. The minimum atomic E-state index is 0.261. The summed E-state index contributed by atoms with van der Waals surface area (Å²) in [5.74, 6) is 0.261. The van der Waals surface area contributed by atoms with Gasteiger partial charge in [-0.3, -0.25) is 14.6 Å². The van der Waals surface area contributed by atoms with E-state index < -0.39 is 0 Å². The van der Waals surface area contributed by atoms with Crippen molar-refractivity contribution in [2.24, 2.45) is 0 Å². The summed E-state index contributed by atoms with van der Waals surface area (Å²) in [5.41, 5.74) is 2.44. The molecular formula is C20H29N3O2. The SMILES string of the molecule is O=C(CN1CCC(N2CCOCC2)CC1)N1CCCc2ccccc21. The van der Waals surface area contributed by atoms with Gasteiger partial charge in [-0.15, -0.1) is 0 Å². The van der Waals surface area contributed by atoms with Crippen molar-refractivity contribution in [2.45, 2.75) is 31.7 Å². The molecule has 0 aliphatic carbocycles. The van der Waals surface area contributed by atoms with Gasteiger partial charge in [-0.1, -0.05) is 18.2 Å². The van der Waals surface area contributed by atoms with Crippen molar-refractivity contribution in [1.82, 2.24) is 9.80 Å². The molecule has 0 spiro atoms. The van der Waals surface area contributed by atoms with E-state index in [1.165, 1.54) is 18.4 Å². The quantitative estimate of drug-likeness (QED) is 0.838. The fourth-order valence-corrected chi connectivity index (χ4v) is 4.45. The fraction of sp³-hybridized carbons (Fsp3) is 0.650. The number of aryl methyl sites for hydroxylation is 1. The number of carbonyl (C=O) groups excluding carboxylic acids is 1. The molecule has 1 aromatic rings. The lowest BCUT2D eigenvalue weighted by atomic mass is 10.0. The predicted molar refractivity (Wildman–Crippen MR) is 99.0 cm³/mol. The van der Waals surface area contributed by atoms with Gasteiger partial charge < -0.3 is 9.64 Å². The number of fused-ring (bicyclic) bond motifs is 1. The first-order valence-corrected chi connectivity index (χ1v) is 9.74. The third-order valence-electron chi connectivity index (χ3n) is 5.89. The zero-order valence-electron chi connectivity index (χ0n) is 15.0. The minimum absolute atomic E-state index is 0.261. The molecule has 0 N–H and O–H groups in total. The number of rotatable bonds is 3. The second-order valence-electron chi connectivity index (χ2n) is 7.43. The number of hydrogen-bond donors (Lipinski definition) is 0. The number of para-hydroxylation sites is 1. The molecule has 136 valence electrons. The molecule has 5 heteroatoms. The summed E-state index contributed by atoms with van der Waals surface area (Å²) in [6.45, 7) is 7.35. The van der Waals surface area contributed by atoms with Crippen molar-refractivity contribution in [2.75, 3.05) is 57.4 Å². The van der Waals surface area contributed by atoms with Crippen LogP contribution in [0.4, 0.5) is 5.69 Å². The van der Waals surface area contributed by atoms with E-state index in [9.17, 15) is 4.79 Å². The van der Waals surface area contributed by atoms with Crippen molar-refractivity contribution in [3.05, 3.63) is 29.8 Å². The normalized spacial score (nSPS) is 23.4. The van der Waals surface area contributed by atoms with Gasteiger partial charge in [0.2, 0.25) is 5.91 Å². The molecule has 0 bridgehead atoms. The second-order valence-corrected chi connectivity index (χ2v) is 7.43. The Kier molecular flexibility index (Phi) is 5.34. The van der Waals surface area contributed by atoms with Gasteiger partial charge in [0.1, 0.15) is 0 Å². The third-order valence-corrected chi connectivity index (χ3v) is 5.89. The molecule has 0 unspecified atom stereocenters. The van der Waals surface area contributed by atoms with Gasteiger partial charge in [0, 0.05) is 44.5 Å². The van der Waals surface area contributed by atoms with E-state index in [2.05, 4.69) is 28.0 Å². The number of likely N-dealkylation sites (tertiary alicyclic amines) is 1.